The zero-order valence-electron chi connectivity index (χ0n) is 16.9. The quantitative estimate of drug-likeness (QED) is 0.340. The van der Waals surface area contributed by atoms with Gasteiger partial charge in [0.2, 0.25) is 5.91 Å². The molecule has 4 aromatic rings. The number of fused-ring (bicyclic) bond motifs is 1. The molecule has 0 radical (unpaired) electrons. The number of hydrogen-bond acceptors (Lipinski definition) is 2. The van der Waals surface area contributed by atoms with E-state index in [9.17, 15) is 4.79 Å². The molecule has 0 bridgehead atoms. The summed E-state index contributed by atoms with van der Waals surface area (Å²) in [5.41, 5.74) is 11.6. The van der Waals surface area contributed by atoms with Gasteiger partial charge in [0.15, 0.2) is 0 Å². The van der Waals surface area contributed by atoms with E-state index in [1.165, 1.54) is 5.56 Å². The van der Waals surface area contributed by atoms with Gasteiger partial charge in [-0.25, -0.2) is 0 Å². The van der Waals surface area contributed by atoms with Crippen molar-refractivity contribution in [3.63, 3.8) is 0 Å². The number of nitrogens with one attached hydrogen (secondary N) is 2. The number of hydrogen-bond donors (Lipinski definition) is 3. The van der Waals surface area contributed by atoms with E-state index < -0.39 is 0 Å². The number of nitrogen functional groups attached to an aromatic ring is 1. The van der Waals surface area contributed by atoms with Crippen LogP contribution in [0.25, 0.3) is 22.0 Å². The maximum absolute atomic E-state index is 12.6. The Bertz CT molecular complexity index is 1210. The van der Waals surface area contributed by atoms with Gasteiger partial charge in [0, 0.05) is 36.3 Å². The van der Waals surface area contributed by atoms with Crippen molar-refractivity contribution in [1.29, 1.82) is 5.41 Å². The highest BCUT2D eigenvalue weighted by Gasteiger charge is 2.12. The molecule has 30 heavy (non-hydrogen) atoms. The van der Waals surface area contributed by atoms with Crippen molar-refractivity contribution in [2.45, 2.75) is 13.0 Å². The highest BCUT2D eigenvalue weighted by atomic mass is 16.1. The number of amidine groups is 1. The number of aryl methyl sites for hydroxylation is 1. The van der Waals surface area contributed by atoms with Gasteiger partial charge in [-0.1, -0.05) is 54.6 Å². The van der Waals surface area contributed by atoms with Crippen molar-refractivity contribution in [1.82, 2.24) is 9.88 Å². The van der Waals surface area contributed by atoms with Crippen LogP contribution in [0.2, 0.25) is 0 Å². The average molecular weight is 396 g/mol. The van der Waals surface area contributed by atoms with E-state index in [1.54, 1.807) is 0 Å². The number of aromatic nitrogens is 1. The van der Waals surface area contributed by atoms with E-state index in [-0.39, 0.29) is 18.2 Å². The van der Waals surface area contributed by atoms with Gasteiger partial charge < -0.3 is 15.6 Å². The minimum absolute atomic E-state index is 0.0232. The van der Waals surface area contributed by atoms with Gasteiger partial charge in [-0.3, -0.25) is 10.2 Å². The summed E-state index contributed by atoms with van der Waals surface area (Å²) in [4.78, 5) is 12.6. The average Bonchev–Trinajstić information content (AvgIpc) is 3.08. The molecule has 1 amide bonds. The monoisotopic (exact) mass is 396 g/mol. The Hall–Kier alpha value is -3.86. The van der Waals surface area contributed by atoms with Gasteiger partial charge in [-0.05, 0) is 40.5 Å². The lowest BCUT2D eigenvalue weighted by molar-refractivity contribution is -0.120. The number of rotatable bonds is 6. The van der Waals surface area contributed by atoms with Gasteiger partial charge in [-0.15, -0.1) is 0 Å². The Balaban J connectivity index is 1.43. The van der Waals surface area contributed by atoms with Crippen molar-refractivity contribution >= 4 is 22.6 Å². The minimum atomic E-state index is -0.0390. The van der Waals surface area contributed by atoms with E-state index in [4.69, 9.17) is 11.1 Å². The largest absolute Gasteiger partial charge is 0.384 e. The lowest BCUT2D eigenvalue weighted by atomic mass is 10.0. The molecule has 0 spiro atoms. The predicted octanol–water partition coefficient (Wildman–Crippen LogP) is 3.99. The molecule has 0 saturated heterocycles. The Labute approximate surface area is 175 Å². The van der Waals surface area contributed by atoms with Crippen LogP contribution in [-0.4, -0.2) is 16.3 Å². The molecule has 0 saturated carbocycles. The lowest BCUT2D eigenvalue weighted by Crippen LogP contribution is -2.24. The number of nitrogens with zero attached hydrogens (tertiary/aromatic N) is 1. The second-order valence-electron chi connectivity index (χ2n) is 7.43. The van der Waals surface area contributed by atoms with Gasteiger partial charge in [0.1, 0.15) is 5.84 Å². The summed E-state index contributed by atoms with van der Waals surface area (Å²) in [6.45, 7) is 0.483. The summed E-state index contributed by atoms with van der Waals surface area (Å²) in [5.74, 6) is -0.0158. The number of carbonyl (C=O) groups excluding carboxylic acids is 1. The van der Waals surface area contributed by atoms with E-state index in [2.05, 4.69) is 29.6 Å². The molecule has 5 heteroatoms. The SMILES string of the molecule is Cn1cc(CC(=O)NCc2ccc(-c3ccccc3)cc2)c2cc(C(=N)N)ccc21. The molecule has 0 aliphatic heterocycles. The molecule has 1 aromatic heterocycles. The molecule has 150 valence electrons. The molecular formula is C25H24N4O. The van der Waals surface area contributed by atoms with Crippen LogP contribution in [0, 0.1) is 5.41 Å². The van der Waals surface area contributed by atoms with Crippen LogP contribution in [0.1, 0.15) is 16.7 Å². The Kier molecular flexibility index (Phi) is 5.35. The van der Waals surface area contributed by atoms with Gasteiger partial charge in [0.05, 0.1) is 6.42 Å². The molecular weight excluding hydrogens is 372 g/mol. The van der Waals surface area contributed by atoms with Crippen molar-refractivity contribution in [3.05, 3.63) is 95.7 Å². The van der Waals surface area contributed by atoms with Crippen molar-refractivity contribution in [2.75, 3.05) is 0 Å². The fourth-order valence-electron chi connectivity index (χ4n) is 3.66. The summed E-state index contributed by atoms with van der Waals surface area (Å²) in [6, 6.07) is 24.1. The summed E-state index contributed by atoms with van der Waals surface area (Å²) in [5, 5.41) is 11.6. The molecule has 3 aromatic carbocycles. The van der Waals surface area contributed by atoms with Crippen LogP contribution < -0.4 is 11.1 Å². The maximum atomic E-state index is 12.6. The first-order chi connectivity index (χ1) is 14.5. The molecule has 0 aliphatic carbocycles. The number of benzene rings is 3. The molecule has 4 rings (SSSR count). The second-order valence-corrected chi connectivity index (χ2v) is 7.43. The maximum Gasteiger partial charge on any atom is 0.224 e. The van der Waals surface area contributed by atoms with Gasteiger partial charge >= 0.3 is 0 Å². The fourth-order valence-corrected chi connectivity index (χ4v) is 3.66. The van der Waals surface area contributed by atoms with Crippen molar-refractivity contribution < 1.29 is 4.79 Å². The van der Waals surface area contributed by atoms with Crippen LogP contribution >= 0.6 is 0 Å². The second kappa shape index (κ2) is 8.25. The Morgan fingerprint density at radius 3 is 2.40 bits per heavy atom. The van der Waals surface area contributed by atoms with Crippen LogP contribution in [0.15, 0.2) is 79.0 Å². The van der Waals surface area contributed by atoms with Crippen LogP contribution in [0.3, 0.4) is 0 Å². The lowest BCUT2D eigenvalue weighted by Gasteiger charge is -2.07. The third-order valence-electron chi connectivity index (χ3n) is 5.28. The molecule has 0 fully saturated rings. The molecule has 0 aliphatic rings. The molecule has 4 N–H and O–H groups in total. The first-order valence-corrected chi connectivity index (χ1v) is 9.84. The van der Waals surface area contributed by atoms with E-state index in [0.717, 1.165) is 27.6 Å². The zero-order valence-corrected chi connectivity index (χ0v) is 16.9. The first kappa shape index (κ1) is 19.5. The number of amides is 1. The topological polar surface area (TPSA) is 83.9 Å². The van der Waals surface area contributed by atoms with Gasteiger partial charge in [0.25, 0.3) is 0 Å². The number of nitrogens with two attached hydrogens (primary N) is 1. The van der Waals surface area contributed by atoms with Crippen molar-refractivity contribution in [2.24, 2.45) is 12.8 Å². The molecule has 0 unspecified atom stereocenters. The highest BCUT2D eigenvalue weighted by molar-refractivity contribution is 6.00. The Morgan fingerprint density at radius 1 is 1.00 bits per heavy atom. The number of carbonyl (C=O) groups is 1. The predicted molar refractivity (Wildman–Crippen MR) is 121 cm³/mol. The zero-order chi connectivity index (χ0) is 21.1. The highest BCUT2D eigenvalue weighted by Crippen LogP contribution is 2.23. The van der Waals surface area contributed by atoms with Crippen LogP contribution in [0.5, 0.6) is 0 Å². The summed E-state index contributed by atoms with van der Waals surface area (Å²) in [7, 11) is 1.95. The molecule has 1 heterocycles. The fraction of sp³-hybridized carbons (Fsp3) is 0.120. The smallest absolute Gasteiger partial charge is 0.224 e. The van der Waals surface area contributed by atoms with Crippen LogP contribution in [-0.2, 0) is 24.8 Å². The van der Waals surface area contributed by atoms with E-state index >= 15 is 0 Å². The summed E-state index contributed by atoms with van der Waals surface area (Å²) >= 11 is 0. The standard InChI is InChI=1S/C25H24N4O/c1-29-16-21(22-13-20(25(26)27)11-12-23(22)29)14-24(30)28-15-17-7-9-19(10-8-17)18-5-3-2-4-6-18/h2-13,16H,14-15H2,1H3,(H3,26,27)(H,28,30). The molecule has 0 atom stereocenters. The van der Waals surface area contributed by atoms with Gasteiger partial charge in [-0.2, -0.15) is 0 Å². The Morgan fingerprint density at radius 2 is 1.70 bits per heavy atom. The van der Waals surface area contributed by atoms with Crippen molar-refractivity contribution in [3.8, 4) is 11.1 Å². The first-order valence-electron chi connectivity index (χ1n) is 9.84. The van der Waals surface area contributed by atoms with E-state index in [1.807, 2.05) is 66.3 Å². The van der Waals surface area contributed by atoms with Crippen LogP contribution in [0.4, 0.5) is 0 Å². The minimum Gasteiger partial charge on any atom is -0.384 e. The molecule has 5 nitrogen and oxygen atoms in total. The summed E-state index contributed by atoms with van der Waals surface area (Å²) < 4.78 is 1.99. The third-order valence-corrected chi connectivity index (χ3v) is 5.28. The normalized spacial score (nSPS) is 10.8. The third kappa shape index (κ3) is 4.10. The summed E-state index contributed by atoms with van der Waals surface area (Å²) in [6.07, 6.45) is 2.24. The van der Waals surface area contributed by atoms with E-state index in [0.29, 0.717) is 12.1 Å².